The van der Waals surface area contributed by atoms with Crippen LogP contribution in [0.25, 0.3) is 11.4 Å². The van der Waals surface area contributed by atoms with E-state index in [4.69, 9.17) is 11.6 Å². The average Bonchev–Trinajstić information content (AvgIpc) is 2.77. The summed E-state index contributed by atoms with van der Waals surface area (Å²) in [5.74, 6) is 1.72. The van der Waals surface area contributed by atoms with Crippen LogP contribution in [-0.4, -0.2) is 20.2 Å². The van der Waals surface area contributed by atoms with Crippen LogP contribution in [0, 0.1) is 0 Å². The second-order valence-electron chi connectivity index (χ2n) is 3.13. The lowest BCUT2D eigenvalue weighted by molar-refractivity contribution is 1.02. The summed E-state index contributed by atoms with van der Waals surface area (Å²) in [6.45, 7) is 2.08. The van der Waals surface area contributed by atoms with Crippen LogP contribution in [0.3, 0.4) is 0 Å². The Labute approximate surface area is 92.7 Å². The summed E-state index contributed by atoms with van der Waals surface area (Å²) in [5, 5.41) is 6.91. The highest BCUT2D eigenvalue weighted by Gasteiger charge is 2.08. The molecule has 2 heterocycles. The molecule has 0 unspecified atom stereocenters. The van der Waals surface area contributed by atoms with E-state index in [1.165, 1.54) is 0 Å². The summed E-state index contributed by atoms with van der Waals surface area (Å²) in [4.78, 5) is 8.36. The third-order valence-corrected chi connectivity index (χ3v) is 2.44. The van der Waals surface area contributed by atoms with Crippen LogP contribution in [0.5, 0.6) is 0 Å². The molecule has 4 nitrogen and oxygen atoms in total. The minimum Gasteiger partial charge on any atom is -0.264 e. The largest absolute Gasteiger partial charge is 0.264 e. The number of pyridine rings is 1. The molecule has 0 aliphatic carbocycles. The SMILES string of the molecule is CCc1cnccc1-c1n[nH]c(CCl)n1. The van der Waals surface area contributed by atoms with Gasteiger partial charge >= 0.3 is 0 Å². The smallest absolute Gasteiger partial charge is 0.181 e. The summed E-state index contributed by atoms with van der Waals surface area (Å²) in [6, 6.07) is 1.92. The Bertz CT molecular complexity index is 452. The standard InChI is InChI=1S/C10H11ClN4/c1-2-7-6-12-4-3-8(7)10-13-9(5-11)14-15-10/h3-4,6H,2,5H2,1H3,(H,13,14,15). The molecule has 2 aromatic rings. The van der Waals surface area contributed by atoms with Gasteiger partial charge in [-0.1, -0.05) is 6.92 Å². The zero-order valence-electron chi connectivity index (χ0n) is 8.37. The van der Waals surface area contributed by atoms with Gasteiger partial charge in [0.15, 0.2) is 5.82 Å². The molecule has 1 N–H and O–H groups in total. The molecule has 0 saturated carbocycles. The predicted molar refractivity (Wildman–Crippen MR) is 58.5 cm³/mol. The molecule has 0 aromatic carbocycles. The van der Waals surface area contributed by atoms with Gasteiger partial charge in [0, 0.05) is 18.0 Å². The van der Waals surface area contributed by atoms with Crippen molar-refractivity contribution in [2.45, 2.75) is 19.2 Å². The third kappa shape index (κ3) is 1.99. The average molecular weight is 223 g/mol. The van der Waals surface area contributed by atoms with Gasteiger partial charge in [0.2, 0.25) is 0 Å². The lowest BCUT2D eigenvalue weighted by atomic mass is 10.1. The summed E-state index contributed by atoms with van der Waals surface area (Å²) in [5.41, 5.74) is 2.15. The minimum atomic E-state index is 0.347. The van der Waals surface area contributed by atoms with E-state index in [9.17, 15) is 0 Å². The van der Waals surface area contributed by atoms with Crippen LogP contribution in [0.1, 0.15) is 18.3 Å². The van der Waals surface area contributed by atoms with Crippen molar-refractivity contribution >= 4 is 11.6 Å². The molecule has 0 saturated heterocycles. The first-order valence-electron chi connectivity index (χ1n) is 4.75. The molecule has 0 radical (unpaired) electrons. The Morgan fingerprint density at radius 1 is 1.47 bits per heavy atom. The third-order valence-electron chi connectivity index (χ3n) is 2.18. The number of nitrogens with zero attached hydrogens (tertiary/aromatic N) is 3. The Balaban J connectivity index is 2.44. The van der Waals surface area contributed by atoms with Crippen LogP contribution in [-0.2, 0) is 12.3 Å². The summed E-state index contributed by atoms with van der Waals surface area (Å²) < 4.78 is 0. The van der Waals surface area contributed by atoms with E-state index in [0.29, 0.717) is 17.5 Å². The number of H-pyrrole nitrogens is 1. The highest BCUT2D eigenvalue weighted by molar-refractivity contribution is 6.16. The molecule has 15 heavy (non-hydrogen) atoms. The Kier molecular flexibility index (Phi) is 2.97. The summed E-state index contributed by atoms with van der Waals surface area (Å²) in [7, 11) is 0. The molecule has 0 amide bonds. The maximum Gasteiger partial charge on any atom is 0.181 e. The number of rotatable bonds is 3. The lowest BCUT2D eigenvalue weighted by Crippen LogP contribution is -1.90. The van der Waals surface area contributed by atoms with Crippen LogP contribution in [0.4, 0.5) is 0 Å². The molecule has 2 rings (SSSR count). The number of aromatic nitrogens is 4. The summed E-state index contributed by atoms with van der Waals surface area (Å²) >= 11 is 5.66. The number of hydrogen-bond acceptors (Lipinski definition) is 3. The van der Waals surface area contributed by atoms with E-state index < -0.39 is 0 Å². The number of aryl methyl sites for hydroxylation is 1. The molecule has 0 aliphatic heterocycles. The van der Waals surface area contributed by atoms with E-state index in [2.05, 4.69) is 27.1 Å². The van der Waals surface area contributed by atoms with E-state index in [1.54, 1.807) is 6.20 Å². The Morgan fingerprint density at radius 2 is 2.33 bits per heavy atom. The highest BCUT2D eigenvalue weighted by atomic mass is 35.5. The zero-order chi connectivity index (χ0) is 10.7. The first kappa shape index (κ1) is 10.1. The van der Waals surface area contributed by atoms with E-state index in [1.807, 2.05) is 12.3 Å². The van der Waals surface area contributed by atoms with E-state index in [0.717, 1.165) is 17.5 Å². The van der Waals surface area contributed by atoms with Gasteiger partial charge in [-0.05, 0) is 18.1 Å². The minimum absolute atomic E-state index is 0.347. The number of halogens is 1. The fourth-order valence-electron chi connectivity index (χ4n) is 1.40. The van der Waals surface area contributed by atoms with Crippen LogP contribution in [0.2, 0.25) is 0 Å². The molecule has 78 valence electrons. The van der Waals surface area contributed by atoms with Gasteiger partial charge in [-0.2, -0.15) is 5.10 Å². The maximum atomic E-state index is 5.66. The maximum absolute atomic E-state index is 5.66. The number of aromatic amines is 1. The van der Waals surface area contributed by atoms with Crippen LogP contribution < -0.4 is 0 Å². The molecule has 0 fully saturated rings. The van der Waals surface area contributed by atoms with Crippen molar-refractivity contribution in [3.8, 4) is 11.4 Å². The van der Waals surface area contributed by atoms with Crippen molar-refractivity contribution in [3.63, 3.8) is 0 Å². The van der Waals surface area contributed by atoms with Gasteiger partial charge < -0.3 is 0 Å². The molecule has 2 aromatic heterocycles. The van der Waals surface area contributed by atoms with Crippen LogP contribution in [0.15, 0.2) is 18.5 Å². The number of alkyl halides is 1. The normalized spacial score (nSPS) is 10.5. The van der Waals surface area contributed by atoms with Gasteiger partial charge in [0.1, 0.15) is 5.82 Å². The van der Waals surface area contributed by atoms with Crippen molar-refractivity contribution in [1.29, 1.82) is 0 Å². The fraction of sp³-hybridized carbons (Fsp3) is 0.300. The molecule has 0 spiro atoms. The van der Waals surface area contributed by atoms with Crippen LogP contribution >= 0.6 is 11.6 Å². The first-order valence-corrected chi connectivity index (χ1v) is 5.29. The highest BCUT2D eigenvalue weighted by Crippen LogP contribution is 2.19. The monoisotopic (exact) mass is 222 g/mol. The molecular weight excluding hydrogens is 212 g/mol. The van der Waals surface area contributed by atoms with E-state index in [-0.39, 0.29) is 0 Å². The van der Waals surface area contributed by atoms with Crippen molar-refractivity contribution in [2.75, 3.05) is 0 Å². The molecule has 5 heteroatoms. The van der Waals surface area contributed by atoms with Gasteiger partial charge in [-0.25, -0.2) is 4.98 Å². The zero-order valence-corrected chi connectivity index (χ0v) is 9.12. The number of nitrogens with one attached hydrogen (secondary N) is 1. The lowest BCUT2D eigenvalue weighted by Gasteiger charge is -2.01. The van der Waals surface area contributed by atoms with Crippen molar-refractivity contribution in [2.24, 2.45) is 0 Å². The molecule has 0 aliphatic rings. The quantitative estimate of drug-likeness (QED) is 0.810. The number of hydrogen-bond donors (Lipinski definition) is 1. The topological polar surface area (TPSA) is 54.5 Å². The second-order valence-corrected chi connectivity index (χ2v) is 3.39. The van der Waals surface area contributed by atoms with Crippen molar-refractivity contribution < 1.29 is 0 Å². The molecular formula is C10H11ClN4. The molecule has 0 atom stereocenters. The predicted octanol–water partition coefficient (Wildman–Crippen LogP) is 2.17. The van der Waals surface area contributed by atoms with Gasteiger partial charge in [-0.3, -0.25) is 10.1 Å². The Morgan fingerprint density at radius 3 is 3.00 bits per heavy atom. The first-order chi connectivity index (χ1) is 7.35. The van der Waals surface area contributed by atoms with Gasteiger partial charge in [-0.15, -0.1) is 11.6 Å². The van der Waals surface area contributed by atoms with Gasteiger partial charge in [0.05, 0.1) is 5.88 Å². The fourth-order valence-corrected chi connectivity index (χ4v) is 1.52. The van der Waals surface area contributed by atoms with E-state index >= 15 is 0 Å². The molecule has 0 bridgehead atoms. The Hall–Kier alpha value is -1.42. The van der Waals surface area contributed by atoms with Gasteiger partial charge in [0.25, 0.3) is 0 Å². The second kappa shape index (κ2) is 4.40. The van der Waals surface area contributed by atoms with Crippen molar-refractivity contribution in [3.05, 3.63) is 29.8 Å². The van der Waals surface area contributed by atoms with Crippen molar-refractivity contribution in [1.82, 2.24) is 20.2 Å². The summed E-state index contributed by atoms with van der Waals surface area (Å²) in [6.07, 6.45) is 4.49.